The molecule has 3 rings (SSSR count). The molecule has 0 bridgehead atoms. The Balaban J connectivity index is 1.72. The lowest BCUT2D eigenvalue weighted by molar-refractivity contribution is -0.137. The fourth-order valence-corrected chi connectivity index (χ4v) is 4.32. The maximum atomic E-state index is 13.0. The third kappa shape index (κ3) is 4.50. The normalized spacial score (nSPS) is 24.1. The Labute approximate surface area is 159 Å². The minimum Gasteiger partial charge on any atom is -0.481 e. The van der Waals surface area contributed by atoms with E-state index in [1.165, 1.54) is 0 Å². The highest BCUT2D eigenvalue weighted by atomic mass is 16.5. The summed E-state index contributed by atoms with van der Waals surface area (Å²) in [4.78, 5) is 28.4. The summed E-state index contributed by atoms with van der Waals surface area (Å²) in [6.45, 7) is 8.41. The van der Waals surface area contributed by atoms with Crippen LogP contribution in [-0.2, 0) is 16.0 Å². The molecule has 2 aliphatic heterocycles. The maximum Gasteiger partial charge on any atom is 0.303 e. The minimum atomic E-state index is -0.782. The Kier molecular flexibility index (Phi) is 6.49. The smallest absolute Gasteiger partial charge is 0.303 e. The van der Waals surface area contributed by atoms with Crippen LogP contribution in [0.4, 0.5) is 0 Å². The second kappa shape index (κ2) is 8.84. The monoisotopic (exact) mass is 378 g/mol. The van der Waals surface area contributed by atoms with E-state index >= 15 is 0 Å². The molecule has 27 heavy (non-hydrogen) atoms. The summed E-state index contributed by atoms with van der Waals surface area (Å²) < 4.78 is 5.46. The van der Waals surface area contributed by atoms with Gasteiger partial charge in [0.1, 0.15) is 0 Å². The molecule has 2 N–H and O–H groups in total. The van der Waals surface area contributed by atoms with Gasteiger partial charge in [-0.2, -0.15) is 5.10 Å². The van der Waals surface area contributed by atoms with Crippen LogP contribution in [0, 0.1) is 12.8 Å². The molecule has 0 unspecified atom stereocenters. The number of piperidine rings is 1. The van der Waals surface area contributed by atoms with E-state index in [1.54, 1.807) is 0 Å². The first-order valence-electron chi connectivity index (χ1n) is 9.88. The third-order valence-corrected chi connectivity index (χ3v) is 5.89. The van der Waals surface area contributed by atoms with Crippen molar-refractivity contribution in [1.82, 2.24) is 20.0 Å². The van der Waals surface area contributed by atoms with Crippen LogP contribution in [0.2, 0.25) is 0 Å². The molecule has 0 aromatic carbocycles. The number of hydrogen-bond acceptors (Lipinski definition) is 5. The van der Waals surface area contributed by atoms with Crippen LogP contribution < -0.4 is 0 Å². The number of rotatable bonds is 6. The van der Waals surface area contributed by atoms with Crippen molar-refractivity contribution >= 4 is 11.9 Å². The average Bonchev–Trinajstić information content (AvgIpc) is 3.06. The average molecular weight is 378 g/mol. The van der Waals surface area contributed by atoms with Gasteiger partial charge in [0.2, 0.25) is 0 Å². The Morgan fingerprint density at radius 3 is 2.67 bits per heavy atom. The molecule has 1 amide bonds. The summed E-state index contributed by atoms with van der Waals surface area (Å²) >= 11 is 0. The number of carboxylic acid groups (broad SMARTS) is 1. The van der Waals surface area contributed by atoms with Crippen molar-refractivity contribution in [3.05, 3.63) is 17.0 Å². The second-order valence-electron chi connectivity index (χ2n) is 7.48. The number of hydrogen-bond donors (Lipinski definition) is 2. The van der Waals surface area contributed by atoms with Gasteiger partial charge in [0.05, 0.1) is 13.2 Å². The van der Waals surface area contributed by atoms with E-state index < -0.39 is 5.97 Å². The highest BCUT2D eigenvalue weighted by Gasteiger charge is 2.36. The number of carbonyl (C=O) groups excluding carboxylic acids is 1. The largest absolute Gasteiger partial charge is 0.481 e. The molecular formula is C19H30N4O4. The number of H-pyrrole nitrogens is 1. The van der Waals surface area contributed by atoms with Gasteiger partial charge in [-0.1, -0.05) is 6.92 Å². The first kappa shape index (κ1) is 19.8. The second-order valence-corrected chi connectivity index (χ2v) is 7.48. The van der Waals surface area contributed by atoms with Crippen LogP contribution >= 0.6 is 0 Å². The van der Waals surface area contributed by atoms with E-state index in [1.807, 2.05) is 18.7 Å². The van der Waals surface area contributed by atoms with E-state index in [0.29, 0.717) is 31.2 Å². The molecule has 8 nitrogen and oxygen atoms in total. The standard InChI is InChI=1S/C19H30N4O4/c1-3-15-13(2)18(21-20-15)19(26)23-7-6-16(22-8-10-27-11-9-22)14(12-23)4-5-17(24)25/h14,16H,3-12H2,1-2H3,(H,20,21)(H,24,25)/t14-,16+/m1/s1. The van der Waals surface area contributed by atoms with Crippen molar-refractivity contribution in [2.45, 2.75) is 45.6 Å². The third-order valence-electron chi connectivity index (χ3n) is 5.89. The number of likely N-dealkylation sites (tertiary alicyclic amines) is 1. The molecule has 2 atom stereocenters. The number of morpholine rings is 1. The lowest BCUT2D eigenvalue weighted by Gasteiger charge is -2.45. The Morgan fingerprint density at radius 1 is 1.30 bits per heavy atom. The fraction of sp³-hybridized carbons (Fsp3) is 0.737. The predicted octanol–water partition coefficient (Wildman–Crippen LogP) is 1.31. The number of aryl methyl sites for hydroxylation is 1. The van der Waals surface area contributed by atoms with Gasteiger partial charge in [-0.15, -0.1) is 0 Å². The summed E-state index contributed by atoms with van der Waals surface area (Å²) in [5.74, 6) is -0.680. The first-order valence-corrected chi connectivity index (χ1v) is 9.88. The molecule has 2 aliphatic rings. The molecule has 1 aromatic rings. The van der Waals surface area contributed by atoms with E-state index in [0.717, 1.165) is 50.4 Å². The molecule has 150 valence electrons. The number of nitrogens with one attached hydrogen (secondary N) is 1. The number of nitrogens with zero attached hydrogens (tertiary/aromatic N) is 3. The zero-order valence-electron chi connectivity index (χ0n) is 16.2. The van der Waals surface area contributed by atoms with E-state index in [9.17, 15) is 9.59 Å². The van der Waals surface area contributed by atoms with Crippen LogP contribution in [0.15, 0.2) is 0 Å². The number of carboxylic acids is 1. The first-order chi connectivity index (χ1) is 13.0. The number of amides is 1. The van der Waals surface area contributed by atoms with Crippen molar-refractivity contribution < 1.29 is 19.4 Å². The molecule has 0 radical (unpaired) electrons. The van der Waals surface area contributed by atoms with Gasteiger partial charge in [0.15, 0.2) is 5.69 Å². The van der Waals surface area contributed by atoms with Crippen molar-refractivity contribution in [2.24, 2.45) is 5.92 Å². The lowest BCUT2D eigenvalue weighted by Crippen LogP contribution is -2.55. The van der Waals surface area contributed by atoms with Crippen molar-refractivity contribution in [2.75, 3.05) is 39.4 Å². The van der Waals surface area contributed by atoms with Gasteiger partial charge >= 0.3 is 5.97 Å². The molecule has 3 heterocycles. The molecular weight excluding hydrogens is 348 g/mol. The van der Waals surface area contributed by atoms with Crippen molar-refractivity contribution in [3.63, 3.8) is 0 Å². The van der Waals surface area contributed by atoms with Crippen molar-refractivity contribution in [3.8, 4) is 0 Å². The molecule has 0 spiro atoms. The quantitative estimate of drug-likeness (QED) is 0.774. The summed E-state index contributed by atoms with van der Waals surface area (Å²) in [5, 5.41) is 16.3. The zero-order valence-corrected chi connectivity index (χ0v) is 16.2. The number of ether oxygens (including phenoxy) is 1. The molecule has 0 saturated carbocycles. The molecule has 2 fully saturated rings. The van der Waals surface area contributed by atoms with Crippen LogP contribution in [0.5, 0.6) is 0 Å². The van der Waals surface area contributed by atoms with E-state index in [-0.39, 0.29) is 18.2 Å². The van der Waals surface area contributed by atoms with Gasteiger partial charge in [0, 0.05) is 49.9 Å². The Hall–Kier alpha value is -1.93. The highest BCUT2D eigenvalue weighted by molar-refractivity contribution is 5.94. The summed E-state index contributed by atoms with van der Waals surface area (Å²) in [5.41, 5.74) is 2.40. The van der Waals surface area contributed by atoms with Gasteiger partial charge in [-0.05, 0) is 32.1 Å². The zero-order chi connectivity index (χ0) is 19.4. The van der Waals surface area contributed by atoms with Crippen molar-refractivity contribution in [1.29, 1.82) is 0 Å². The fourth-order valence-electron chi connectivity index (χ4n) is 4.32. The Morgan fingerprint density at radius 2 is 2.04 bits per heavy atom. The summed E-state index contributed by atoms with van der Waals surface area (Å²) in [6, 6.07) is 0.309. The topological polar surface area (TPSA) is 98.8 Å². The minimum absolute atomic E-state index is 0.0517. The maximum absolute atomic E-state index is 13.0. The number of aliphatic carboxylic acids is 1. The van der Waals surface area contributed by atoms with Gasteiger partial charge < -0.3 is 14.7 Å². The van der Waals surface area contributed by atoms with E-state index in [2.05, 4.69) is 15.1 Å². The number of carbonyl (C=O) groups is 2. The predicted molar refractivity (Wildman–Crippen MR) is 99.8 cm³/mol. The van der Waals surface area contributed by atoms with E-state index in [4.69, 9.17) is 9.84 Å². The summed E-state index contributed by atoms with van der Waals surface area (Å²) in [7, 11) is 0. The molecule has 0 aliphatic carbocycles. The van der Waals surface area contributed by atoms with Crippen LogP contribution in [0.1, 0.15) is 47.9 Å². The van der Waals surface area contributed by atoms with Crippen LogP contribution in [0.25, 0.3) is 0 Å². The molecule has 2 saturated heterocycles. The molecule has 1 aromatic heterocycles. The Bertz CT molecular complexity index is 669. The molecule has 8 heteroatoms. The SMILES string of the molecule is CCc1[nH]nc(C(=O)N2CC[C@H](N3CCOCC3)[C@H](CCC(=O)O)C2)c1C. The van der Waals surface area contributed by atoms with Gasteiger partial charge in [-0.25, -0.2) is 0 Å². The summed E-state index contributed by atoms with van der Waals surface area (Å²) in [6.07, 6.45) is 2.39. The van der Waals surface area contributed by atoms with Crippen LogP contribution in [0.3, 0.4) is 0 Å². The number of aromatic nitrogens is 2. The number of aromatic amines is 1. The lowest BCUT2D eigenvalue weighted by atomic mass is 9.86. The highest BCUT2D eigenvalue weighted by Crippen LogP contribution is 2.28. The van der Waals surface area contributed by atoms with Gasteiger partial charge in [-0.3, -0.25) is 19.6 Å². The van der Waals surface area contributed by atoms with Crippen LogP contribution in [-0.4, -0.2) is 82.4 Å². The van der Waals surface area contributed by atoms with Gasteiger partial charge in [0.25, 0.3) is 5.91 Å².